The Morgan fingerprint density at radius 1 is 0.617 bits per heavy atom. The lowest BCUT2D eigenvalue weighted by atomic mass is 9.88. The summed E-state index contributed by atoms with van der Waals surface area (Å²) in [5.74, 6) is -27.9. The topological polar surface area (TPSA) is 648 Å². The quantitative estimate of drug-likeness (QED) is 0.0145. The summed E-state index contributed by atoms with van der Waals surface area (Å²) >= 11 is 0. The summed E-state index contributed by atoms with van der Waals surface area (Å²) in [6, 6.07) is 0.742. The van der Waals surface area contributed by atoms with E-state index in [9.17, 15) is 102 Å². The number of esters is 1. The van der Waals surface area contributed by atoms with E-state index in [0.717, 1.165) is 57.8 Å². The number of carbonyl (C=O) groups excluding carboxylic acids is 20. The van der Waals surface area contributed by atoms with E-state index in [-0.39, 0.29) is 68.0 Å². The van der Waals surface area contributed by atoms with Crippen molar-refractivity contribution >= 4 is 135 Å². The molecule has 0 bridgehead atoms. The molecule has 0 spiro atoms. The first-order chi connectivity index (χ1) is 54.4. The molecule has 12 unspecified atom stereocenters. The predicted molar refractivity (Wildman–Crippen MR) is 402 cm³/mol. The number of para-hydroxylation sites is 2. The lowest BCUT2D eigenvalue weighted by Gasteiger charge is -2.29. The number of rotatable bonds is 33. The molecule has 1 aromatic heterocycles. The first-order valence-corrected chi connectivity index (χ1v) is 37.3. The van der Waals surface area contributed by atoms with Gasteiger partial charge in [0.05, 0.1) is 74.8 Å². The van der Waals surface area contributed by atoms with E-state index in [1.165, 1.54) is 45.0 Å². The molecule has 19 N–H and O–H groups in total. The molecule has 630 valence electrons. The van der Waals surface area contributed by atoms with Gasteiger partial charge in [-0.15, -0.1) is 0 Å². The summed E-state index contributed by atoms with van der Waals surface area (Å²) in [7, 11) is 0. The molecule has 0 aliphatic carbocycles. The average Bonchev–Trinajstić information content (AvgIpc) is 1.79. The van der Waals surface area contributed by atoms with Crippen molar-refractivity contribution in [2.45, 2.75) is 212 Å². The third kappa shape index (κ3) is 36.1. The number of cyclic esters (lactones) is 1. The van der Waals surface area contributed by atoms with Crippen LogP contribution in [0, 0.1) is 29.6 Å². The van der Waals surface area contributed by atoms with Gasteiger partial charge < -0.3 is 90.1 Å². The van der Waals surface area contributed by atoms with Crippen LogP contribution < -0.4 is 65.1 Å². The highest BCUT2D eigenvalue weighted by Crippen LogP contribution is 2.27. The SMILES string of the molecule is CCCCCCCCCC(=O)CC(Cc1c[nH]c2ccccc12)C(=O)NC(CC(N)=O)C(=O)CC(CC(=O)O)C(=O)NC1C(=O)NCC(=O)NC(CCCN)C(=O)CC(CC(=O)O)C(=O)NC(C)C(=O)NC(C)C(=O)NCC(=O)NC(CO)C(=O)NC(C(C)C)C(=O)CC(CC(=O)c2ccccc2N)C(=O)OC1C.O=C=O.O=C=O. The van der Waals surface area contributed by atoms with Gasteiger partial charge in [0.15, 0.2) is 23.1 Å². The van der Waals surface area contributed by atoms with Crippen LogP contribution in [0.5, 0.6) is 0 Å². The maximum absolute atomic E-state index is 14.8. The zero-order valence-corrected chi connectivity index (χ0v) is 64.9. The number of anilines is 1. The van der Waals surface area contributed by atoms with Crippen LogP contribution in [0.4, 0.5) is 5.69 Å². The summed E-state index contributed by atoms with van der Waals surface area (Å²) in [6.45, 7) is 5.24. The van der Waals surface area contributed by atoms with Crippen LogP contribution in [0.15, 0.2) is 54.7 Å². The number of ether oxygens (including phenoxy) is 1. The maximum atomic E-state index is 14.8. The normalized spacial score (nSPS) is 20.8. The molecule has 12 atom stereocenters. The number of aliphatic carboxylic acids is 2. The van der Waals surface area contributed by atoms with E-state index >= 15 is 0 Å². The number of aliphatic hydroxyl groups excluding tert-OH is 1. The van der Waals surface area contributed by atoms with Crippen molar-refractivity contribution in [3.05, 3.63) is 65.9 Å². The fourth-order valence-electron chi connectivity index (χ4n) is 12.2. The minimum Gasteiger partial charge on any atom is -0.481 e. The molecule has 39 nitrogen and oxygen atoms in total. The third-order valence-electron chi connectivity index (χ3n) is 18.4. The van der Waals surface area contributed by atoms with Crippen molar-refractivity contribution in [1.29, 1.82) is 0 Å². The molecule has 2 aromatic carbocycles. The Morgan fingerprint density at radius 2 is 1.19 bits per heavy atom. The number of aliphatic hydroxyl groups is 1. The fraction of sp³-hybridized carbons (Fsp3) is 0.553. The van der Waals surface area contributed by atoms with Gasteiger partial charge in [0.25, 0.3) is 0 Å². The van der Waals surface area contributed by atoms with Gasteiger partial charge in [0.1, 0.15) is 36.1 Å². The second-order valence-corrected chi connectivity index (χ2v) is 27.9. The number of primary amides is 1. The summed E-state index contributed by atoms with van der Waals surface area (Å²) < 4.78 is 5.82. The molecule has 4 rings (SSSR count). The van der Waals surface area contributed by atoms with Crippen molar-refractivity contribution in [3.8, 4) is 0 Å². The number of aromatic amines is 1. The minimum atomic E-state index is -2.26. The molecule has 39 heteroatoms. The van der Waals surface area contributed by atoms with Crippen molar-refractivity contribution < 1.29 is 126 Å². The molecule has 1 aliphatic rings. The van der Waals surface area contributed by atoms with E-state index < -0.39 is 243 Å². The minimum absolute atomic E-state index is 0.0265. The standard InChI is InChI=1S/C74H105N13O22.2CO2/c1-7-8-9-10-11-12-13-19-48(89)27-43(26-47-35-78-52-23-17-15-20-49(47)52)70(104)85-54(34-60(77)94)58(92)29-45(33-64(99)100)71(105)87-66-42(6)109-74(108)46(30-56(90)50-21-14-16-22-51(50)76)31-59(93)65(39(2)3)86-72(106)55(38-88)84-62(96)36-79-67(101)40(4)81-68(102)41(5)82-69(103)44(32-63(97)98)28-57(91)53(24-18-25-75)83-61(95)37-80-73(66)107;2*2-1-3/h14-17,20-23,35,39-46,53-55,65-66,78,88H,7-13,18-19,24-34,36-38,75-76H2,1-6H3,(H2,77,94)(H,79,101)(H,80,107)(H,81,102)(H,82,103)(H,83,95)(H,84,96)(H,85,104)(H,86,106)(H,87,105)(H,97,98)(H,99,100);;. The Bertz CT molecular complexity index is 3970. The van der Waals surface area contributed by atoms with Crippen LogP contribution in [-0.4, -0.2) is 213 Å². The van der Waals surface area contributed by atoms with Crippen molar-refractivity contribution in [3.63, 3.8) is 0 Å². The fourth-order valence-corrected chi connectivity index (χ4v) is 12.2. The number of carboxylic acid groups (broad SMARTS) is 2. The van der Waals surface area contributed by atoms with Gasteiger partial charge in [-0.2, -0.15) is 19.2 Å². The number of hydrogen-bond acceptors (Lipinski definition) is 26. The number of nitrogens with one attached hydrogen (secondary N) is 10. The highest BCUT2D eigenvalue weighted by atomic mass is 16.5. The van der Waals surface area contributed by atoms with Gasteiger partial charge in [-0.25, -0.2) is 0 Å². The summed E-state index contributed by atoms with van der Waals surface area (Å²) in [4.78, 5) is 284. The van der Waals surface area contributed by atoms with Crippen LogP contribution in [0.1, 0.15) is 173 Å². The average molecular weight is 1620 g/mol. The number of ketones is 5. The molecule has 1 fully saturated rings. The van der Waals surface area contributed by atoms with E-state index in [4.69, 9.17) is 41.1 Å². The Kier molecular flexibility index (Phi) is 45.0. The number of H-pyrrole nitrogens is 1. The van der Waals surface area contributed by atoms with Gasteiger partial charge in [-0.05, 0) is 82.7 Å². The van der Waals surface area contributed by atoms with Crippen LogP contribution >= 0.6 is 0 Å². The van der Waals surface area contributed by atoms with E-state index in [1.54, 1.807) is 30.5 Å². The zero-order valence-electron chi connectivity index (χ0n) is 64.9. The molecular weight excluding hydrogens is 1510 g/mol. The Hall–Kier alpha value is -12.1. The number of Topliss-reactive ketones (excluding diaryl/α,β-unsaturated/α-hetero) is 5. The summed E-state index contributed by atoms with van der Waals surface area (Å²) in [5, 5.41) is 51.9. The van der Waals surface area contributed by atoms with Gasteiger partial charge >= 0.3 is 30.2 Å². The third-order valence-corrected chi connectivity index (χ3v) is 18.4. The van der Waals surface area contributed by atoms with Gasteiger partial charge in [0, 0.05) is 72.8 Å². The van der Waals surface area contributed by atoms with Crippen LogP contribution in [0.3, 0.4) is 0 Å². The lowest BCUT2D eigenvalue weighted by molar-refractivity contribution is -0.193. The number of benzene rings is 2. The monoisotopic (exact) mass is 1620 g/mol. The molecule has 0 radical (unpaired) electrons. The molecule has 2 heterocycles. The van der Waals surface area contributed by atoms with Crippen LogP contribution in [0.2, 0.25) is 0 Å². The molecule has 10 amide bonds. The largest absolute Gasteiger partial charge is 0.481 e. The van der Waals surface area contributed by atoms with E-state index in [2.05, 4.69) is 59.8 Å². The van der Waals surface area contributed by atoms with Gasteiger partial charge in [-0.1, -0.05) is 89.6 Å². The maximum Gasteiger partial charge on any atom is 0.373 e. The van der Waals surface area contributed by atoms with Crippen LogP contribution in [0.25, 0.3) is 10.9 Å². The van der Waals surface area contributed by atoms with Crippen LogP contribution in [-0.2, 0) is 112 Å². The van der Waals surface area contributed by atoms with Gasteiger partial charge in [0.2, 0.25) is 59.1 Å². The first kappa shape index (κ1) is 99.0. The highest BCUT2D eigenvalue weighted by Gasteiger charge is 2.41. The number of hydrogen-bond donors (Lipinski definition) is 16. The number of amides is 10. The number of nitrogen functional groups attached to an aromatic ring is 1. The smallest absolute Gasteiger partial charge is 0.373 e. The zero-order chi connectivity index (χ0) is 86.6. The molecule has 0 saturated carbocycles. The molecule has 3 aromatic rings. The molecule has 115 heavy (non-hydrogen) atoms. The summed E-state index contributed by atoms with van der Waals surface area (Å²) in [5.41, 5.74) is 18.7. The highest BCUT2D eigenvalue weighted by molar-refractivity contribution is 6.04. The Balaban J connectivity index is 0.00000723. The molecule has 1 saturated heterocycles. The Labute approximate surface area is 661 Å². The predicted octanol–water partition coefficient (Wildman–Crippen LogP) is -1.34. The number of carboxylic acids is 2. The number of fused-ring (bicyclic) bond motifs is 1. The van der Waals surface area contributed by atoms with Gasteiger partial charge in [-0.3, -0.25) is 86.3 Å². The summed E-state index contributed by atoms with van der Waals surface area (Å²) in [6.07, 6.45) is -0.815. The molecular formula is C76H105N13O26. The second kappa shape index (κ2) is 52.3. The number of unbranched alkanes of at least 4 members (excludes halogenated alkanes) is 6. The first-order valence-electron chi connectivity index (χ1n) is 37.3. The molecule has 1 aliphatic heterocycles. The van der Waals surface area contributed by atoms with E-state index in [0.29, 0.717) is 17.5 Å². The number of carbonyl (C=O) groups is 18. The van der Waals surface area contributed by atoms with Crippen molar-refractivity contribution in [2.24, 2.45) is 41.1 Å². The van der Waals surface area contributed by atoms with E-state index in [1.807, 2.05) is 0 Å². The number of aromatic nitrogens is 1. The van der Waals surface area contributed by atoms with Crippen molar-refractivity contribution in [2.75, 3.05) is 32.0 Å². The van der Waals surface area contributed by atoms with Crippen molar-refractivity contribution in [1.82, 2.24) is 52.8 Å². The Morgan fingerprint density at radius 3 is 1.78 bits per heavy atom. The number of nitrogens with two attached hydrogens (primary N) is 3. The lowest BCUT2D eigenvalue weighted by Crippen LogP contribution is -2.57. The second-order valence-electron chi connectivity index (χ2n) is 27.9.